The lowest BCUT2D eigenvalue weighted by Crippen LogP contribution is -2.26. The molecule has 352 valence electrons. The van der Waals surface area contributed by atoms with Crippen molar-refractivity contribution in [3.8, 4) is 22.3 Å². The lowest BCUT2D eigenvalue weighted by molar-refractivity contribution is 0.810. The summed E-state index contributed by atoms with van der Waals surface area (Å²) in [7, 11) is 0.655. The Morgan fingerprint density at radius 1 is 0.514 bits per heavy atom. The van der Waals surface area contributed by atoms with Crippen LogP contribution < -0.4 is 10.6 Å². The van der Waals surface area contributed by atoms with Crippen molar-refractivity contribution in [3.63, 3.8) is 0 Å². The van der Waals surface area contributed by atoms with E-state index >= 15 is 0 Å². The van der Waals surface area contributed by atoms with Crippen molar-refractivity contribution in [2.75, 3.05) is 0 Å². The van der Waals surface area contributed by atoms with Gasteiger partial charge in [-0.05, 0) is 161 Å². The molecule has 0 radical (unpaired) electrons. The molecule has 0 amide bonds. The molecule has 72 heavy (non-hydrogen) atoms. The van der Waals surface area contributed by atoms with Gasteiger partial charge in [0, 0.05) is 45.1 Å². The molecule has 2 atom stereocenters. The average molecular weight is 1000 g/mol. The minimum absolute atomic E-state index is 0.227. The van der Waals surface area contributed by atoms with Crippen LogP contribution >= 0.6 is 42.6 Å². The van der Waals surface area contributed by atoms with Crippen LogP contribution in [0.1, 0.15) is 87.2 Å². The maximum Gasteiger partial charge on any atom is 0.0819 e. The second kappa shape index (κ2) is 20.8. The average Bonchev–Trinajstić information content (AvgIpc) is 4.23. The number of hydrogen-bond acceptors (Lipinski definition) is 3. The molecule has 4 heteroatoms. The minimum atomic E-state index is -0.227. The van der Waals surface area contributed by atoms with E-state index in [1.807, 2.05) is 73.0 Å². The summed E-state index contributed by atoms with van der Waals surface area (Å²) in [6.07, 6.45) is 19.8. The molecule has 2 unspecified atom stereocenters. The summed E-state index contributed by atoms with van der Waals surface area (Å²) in [4.78, 5) is 4.56. The molecule has 7 aromatic carbocycles. The van der Waals surface area contributed by atoms with Crippen molar-refractivity contribution in [1.82, 2.24) is 0 Å². The summed E-state index contributed by atoms with van der Waals surface area (Å²) >= 11 is 5.85. The molecular weight excluding hydrogens is 944 g/mol. The van der Waals surface area contributed by atoms with Gasteiger partial charge in [0.25, 0.3) is 0 Å². The summed E-state index contributed by atoms with van der Waals surface area (Å²) in [5.74, 6) is 0. The third kappa shape index (κ3) is 8.80. The number of thiophene rings is 3. The zero-order valence-corrected chi connectivity index (χ0v) is 45.1. The summed E-state index contributed by atoms with van der Waals surface area (Å²) in [5, 5.41) is 7.01. The van der Waals surface area contributed by atoms with Gasteiger partial charge in [-0.15, -0.1) is 34.0 Å². The molecule has 5 aliphatic rings. The van der Waals surface area contributed by atoms with E-state index < -0.39 is 0 Å². The number of benzene rings is 7. The highest BCUT2D eigenvalue weighted by atomic mass is 32.1. The molecular formula is C68H57PS3. The molecule has 15 rings (SSSR count). The summed E-state index contributed by atoms with van der Waals surface area (Å²) < 4.78 is 4.20. The molecule has 0 bridgehead atoms. The van der Waals surface area contributed by atoms with Crippen molar-refractivity contribution in [2.24, 2.45) is 0 Å². The first-order chi connectivity index (χ1) is 35.4. The lowest BCUT2D eigenvalue weighted by Gasteiger charge is -2.30. The fourth-order valence-electron chi connectivity index (χ4n) is 10.9. The number of allylic oxidation sites excluding steroid dienone is 6. The van der Waals surface area contributed by atoms with Gasteiger partial charge in [-0.1, -0.05) is 197 Å². The van der Waals surface area contributed by atoms with E-state index in [0.29, 0.717) is 8.58 Å². The van der Waals surface area contributed by atoms with Gasteiger partial charge in [0.1, 0.15) is 0 Å². The highest BCUT2D eigenvalue weighted by molar-refractivity contribution is 7.55. The molecule has 0 saturated heterocycles. The molecule has 0 nitrogen and oxygen atoms in total. The zero-order chi connectivity index (χ0) is 49.2. The van der Waals surface area contributed by atoms with Crippen LogP contribution in [-0.2, 0) is 18.3 Å². The normalized spacial score (nSPS) is 15.5. The van der Waals surface area contributed by atoms with Gasteiger partial charge in [-0.3, -0.25) is 0 Å². The Bertz CT molecular complexity index is 3870. The second-order valence-electron chi connectivity index (χ2n) is 18.7. The Labute approximate surface area is 439 Å². The fraction of sp³-hybridized carbons (Fsp3) is 0.147. The molecule has 0 aliphatic heterocycles. The minimum Gasteiger partial charge on any atom is -0.140 e. The molecule has 5 aliphatic carbocycles. The van der Waals surface area contributed by atoms with Crippen LogP contribution in [0.2, 0.25) is 0 Å². The van der Waals surface area contributed by atoms with E-state index in [9.17, 15) is 0 Å². The Hall–Kier alpha value is -6.63. The summed E-state index contributed by atoms with van der Waals surface area (Å²) in [6.45, 7) is 10.4. The summed E-state index contributed by atoms with van der Waals surface area (Å²) in [6, 6.07) is 58.5. The number of hydrogen-bond donors (Lipinski definition) is 0. The molecule has 3 aromatic heterocycles. The molecule has 1 spiro atoms. The largest absolute Gasteiger partial charge is 0.140 e. The van der Waals surface area contributed by atoms with Gasteiger partial charge in [0.2, 0.25) is 0 Å². The monoisotopic (exact) mass is 1000 g/mol. The van der Waals surface area contributed by atoms with E-state index in [1.54, 1.807) is 10.4 Å². The van der Waals surface area contributed by atoms with E-state index in [2.05, 4.69) is 207 Å². The second-order valence-corrected chi connectivity index (χ2v) is 23.3. The summed E-state index contributed by atoms with van der Waals surface area (Å²) in [5.41, 5.74) is 22.5. The van der Waals surface area contributed by atoms with Gasteiger partial charge in [0.05, 0.1) is 5.41 Å². The van der Waals surface area contributed by atoms with Crippen molar-refractivity contribution < 1.29 is 0 Å². The van der Waals surface area contributed by atoms with Crippen molar-refractivity contribution >= 4 is 95.6 Å². The topological polar surface area (TPSA) is 0 Å². The highest BCUT2D eigenvalue weighted by Crippen LogP contribution is 2.66. The zero-order valence-electron chi connectivity index (χ0n) is 41.6. The fourth-order valence-corrected chi connectivity index (χ4v) is 15.8. The predicted molar refractivity (Wildman–Crippen MR) is 321 cm³/mol. The van der Waals surface area contributed by atoms with Crippen molar-refractivity contribution in [1.29, 1.82) is 0 Å². The SMILES string of the molecule is C1=Cc2c(sc3ccccc23)CC1.CC.CC1=CC=C=C=C1.Cc1ccc2c(c1)C1(c3ccccc3-c3ccc(Pc4ccccc4)cc31)c1sc3c(c1-2)CCC=C3.Cc1ccc2sc3ccccc3c2c1. The van der Waals surface area contributed by atoms with Gasteiger partial charge >= 0.3 is 0 Å². The van der Waals surface area contributed by atoms with Crippen LogP contribution in [0, 0.1) is 13.8 Å². The lowest BCUT2D eigenvalue weighted by atomic mass is 9.73. The number of rotatable bonds is 2. The maximum absolute atomic E-state index is 2.84. The van der Waals surface area contributed by atoms with Gasteiger partial charge in [0.15, 0.2) is 0 Å². The van der Waals surface area contributed by atoms with Crippen LogP contribution in [0.5, 0.6) is 0 Å². The van der Waals surface area contributed by atoms with Crippen LogP contribution in [0.4, 0.5) is 0 Å². The highest BCUT2D eigenvalue weighted by Gasteiger charge is 2.54. The van der Waals surface area contributed by atoms with E-state index in [-0.39, 0.29) is 5.41 Å². The van der Waals surface area contributed by atoms with E-state index in [4.69, 9.17) is 0 Å². The van der Waals surface area contributed by atoms with Crippen LogP contribution in [0.25, 0.3) is 64.7 Å². The van der Waals surface area contributed by atoms with E-state index in [1.165, 1.54) is 125 Å². The molecule has 0 saturated carbocycles. The Balaban J connectivity index is 0.000000126. The number of aryl methyl sites for hydroxylation is 3. The van der Waals surface area contributed by atoms with Crippen LogP contribution in [0.3, 0.4) is 0 Å². The van der Waals surface area contributed by atoms with Gasteiger partial charge in [-0.2, -0.15) is 0 Å². The smallest absolute Gasteiger partial charge is 0.0819 e. The predicted octanol–water partition coefficient (Wildman–Crippen LogP) is 19.1. The quantitative estimate of drug-likeness (QED) is 0.120. The Kier molecular flexibility index (Phi) is 13.8. The Morgan fingerprint density at radius 2 is 1.18 bits per heavy atom. The first-order valence-electron chi connectivity index (χ1n) is 25.3. The molecule has 0 N–H and O–H groups in total. The van der Waals surface area contributed by atoms with Crippen LogP contribution in [0.15, 0.2) is 205 Å². The van der Waals surface area contributed by atoms with Gasteiger partial charge in [-0.25, -0.2) is 0 Å². The van der Waals surface area contributed by atoms with E-state index in [0.717, 1.165) is 12.8 Å². The first-order valence-corrected chi connectivity index (χ1v) is 28.8. The maximum atomic E-state index is 2.84. The first kappa shape index (κ1) is 47.7. The molecule has 10 aromatic rings. The van der Waals surface area contributed by atoms with Crippen molar-refractivity contribution in [3.05, 3.63) is 259 Å². The Morgan fingerprint density at radius 3 is 1.99 bits per heavy atom. The van der Waals surface area contributed by atoms with Gasteiger partial charge < -0.3 is 0 Å². The molecule has 3 heterocycles. The third-order valence-electron chi connectivity index (χ3n) is 14.0. The van der Waals surface area contributed by atoms with Crippen LogP contribution in [-0.4, -0.2) is 0 Å². The third-order valence-corrected chi connectivity index (χ3v) is 19.0. The molecule has 0 fully saturated rings. The standard InChI is InChI=1S/C34H25PS.C13H10S.C12H10S.C7H6.C2H6/c1-21-15-17-26-29(19-21)34(33-32(26)27-12-6-8-14-31(27)36-33)28-13-7-5-11-24(28)25-18-16-23(20-30(25)34)35-22-9-3-2-4-10-22;1-9-6-7-13-11(8-9)10-4-2-3-5-12(10)14-13;1-3-7-11-9(5-1)10-6-2-4-8-12(10)13-11;1-7-5-3-2-4-6-7;1-2/h2-5,7-11,13-20,35H,6,12H2,1H3;2-8H,1H3;1-3,5-7H,4,8H2;3,5-6H,1H3;1-2H3. The van der Waals surface area contributed by atoms with Crippen molar-refractivity contribution in [2.45, 2.75) is 65.7 Å². The number of fused-ring (bicyclic) bond motifs is 18.